The van der Waals surface area contributed by atoms with E-state index in [1.54, 1.807) is 6.92 Å². The van der Waals surface area contributed by atoms with Gasteiger partial charge in [0.15, 0.2) is 9.84 Å². The van der Waals surface area contributed by atoms with E-state index in [4.69, 9.17) is 5.11 Å². The molecule has 8 heteroatoms. The molecule has 2 amide bonds. The highest BCUT2D eigenvalue weighted by molar-refractivity contribution is 7.91. The van der Waals surface area contributed by atoms with Gasteiger partial charge in [0.05, 0.1) is 11.7 Å². The molecule has 0 aromatic heterocycles. The molecule has 110 valence electrons. The second-order valence-electron chi connectivity index (χ2n) is 4.57. The first-order valence-corrected chi connectivity index (χ1v) is 8.14. The predicted octanol–water partition coefficient (Wildman–Crippen LogP) is -0.0727. The zero-order chi connectivity index (χ0) is 14.5. The molecule has 0 unspecified atom stereocenters. The zero-order valence-electron chi connectivity index (χ0n) is 11.0. The van der Waals surface area contributed by atoms with Crippen molar-refractivity contribution in [3.63, 3.8) is 0 Å². The van der Waals surface area contributed by atoms with Gasteiger partial charge in [-0.2, -0.15) is 0 Å². The standard InChI is InChI=1S/C11H20N2O5S/c1-2-19(17,18)8-5-12-11(16)13-6-3-9(4-7-13)10(14)15/h9H,2-8H2,1H3,(H,12,16)(H,14,15). The second kappa shape index (κ2) is 6.74. The van der Waals surface area contributed by atoms with Crippen LogP contribution in [0.3, 0.4) is 0 Å². The molecule has 0 radical (unpaired) electrons. The van der Waals surface area contributed by atoms with E-state index in [-0.39, 0.29) is 30.0 Å². The minimum atomic E-state index is -3.08. The molecular formula is C11H20N2O5S. The molecule has 1 aliphatic heterocycles. The van der Waals surface area contributed by atoms with E-state index < -0.39 is 15.8 Å². The van der Waals surface area contributed by atoms with Crippen LogP contribution in [0.1, 0.15) is 19.8 Å². The third-order valence-electron chi connectivity index (χ3n) is 3.26. The fraction of sp³-hybridized carbons (Fsp3) is 0.818. The molecule has 7 nitrogen and oxygen atoms in total. The van der Waals surface area contributed by atoms with Crippen molar-refractivity contribution in [2.75, 3.05) is 31.1 Å². The van der Waals surface area contributed by atoms with Gasteiger partial charge in [0, 0.05) is 25.4 Å². The molecule has 1 saturated heterocycles. The Hall–Kier alpha value is -1.31. The van der Waals surface area contributed by atoms with Crippen molar-refractivity contribution in [2.24, 2.45) is 5.92 Å². The lowest BCUT2D eigenvalue weighted by Crippen LogP contribution is -2.46. The van der Waals surface area contributed by atoms with Gasteiger partial charge in [-0.05, 0) is 12.8 Å². The molecule has 1 aliphatic rings. The maximum atomic E-state index is 11.7. The van der Waals surface area contributed by atoms with Crippen LogP contribution in [0, 0.1) is 5.92 Å². The van der Waals surface area contributed by atoms with Gasteiger partial charge < -0.3 is 15.3 Å². The molecule has 0 aromatic rings. The minimum Gasteiger partial charge on any atom is -0.481 e. The Labute approximate surface area is 112 Å². The highest BCUT2D eigenvalue weighted by Crippen LogP contribution is 2.16. The maximum Gasteiger partial charge on any atom is 0.317 e. The number of nitrogens with one attached hydrogen (secondary N) is 1. The summed E-state index contributed by atoms with van der Waals surface area (Å²) in [5.74, 6) is -1.22. The van der Waals surface area contributed by atoms with Gasteiger partial charge in [-0.3, -0.25) is 4.79 Å². The Morgan fingerprint density at radius 3 is 2.37 bits per heavy atom. The SMILES string of the molecule is CCS(=O)(=O)CCNC(=O)N1CCC(C(=O)O)CC1. The van der Waals surface area contributed by atoms with Crippen LogP contribution >= 0.6 is 0 Å². The average Bonchev–Trinajstić information content (AvgIpc) is 2.38. The van der Waals surface area contributed by atoms with Crippen LogP contribution < -0.4 is 5.32 Å². The third kappa shape index (κ3) is 5.06. The minimum absolute atomic E-state index is 0.0624. The van der Waals surface area contributed by atoms with E-state index in [0.717, 1.165) is 0 Å². The summed E-state index contributed by atoms with van der Waals surface area (Å²) in [6.07, 6.45) is 0.881. The molecule has 19 heavy (non-hydrogen) atoms. The van der Waals surface area contributed by atoms with E-state index in [0.29, 0.717) is 25.9 Å². The maximum absolute atomic E-state index is 11.7. The van der Waals surface area contributed by atoms with Crippen molar-refractivity contribution in [1.29, 1.82) is 0 Å². The Morgan fingerprint density at radius 2 is 1.89 bits per heavy atom. The number of piperidine rings is 1. The van der Waals surface area contributed by atoms with E-state index in [2.05, 4.69) is 5.32 Å². The molecule has 1 rings (SSSR count). The average molecular weight is 292 g/mol. The monoisotopic (exact) mass is 292 g/mol. The summed E-state index contributed by atoms with van der Waals surface area (Å²) < 4.78 is 22.5. The largest absolute Gasteiger partial charge is 0.481 e. The van der Waals surface area contributed by atoms with Crippen molar-refractivity contribution in [1.82, 2.24) is 10.2 Å². The topological polar surface area (TPSA) is 104 Å². The van der Waals surface area contributed by atoms with Crippen molar-refractivity contribution >= 4 is 21.8 Å². The quantitative estimate of drug-likeness (QED) is 0.738. The van der Waals surface area contributed by atoms with Gasteiger partial charge in [0.25, 0.3) is 0 Å². The fourth-order valence-corrected chi connectivity index (χ4v) is 2.60. The Bertz CT molecular complexity index is 426. The number of rotatable bonds is 5. The smallest absolute Gasteiger partial charge is 0.317 e. The summed E-state index contributed by atoms with van der Waals surface area (Å²) in [6.45, 7) is 2.44. The summed E-state index contributed by atoms with van der Waals surface area (Å²) in [4.78, 5) is 24.0. The number of hydrogen-bond acceptors (Lipinski definition) is 4. The van der Waals surface area contributed by atoms with Gasteiger partial charge >= 0.3 is 12.0 Å². The lowest BCUT2D eigenvalue weighted by Gasteiger charge is -2.30. The van der Waals surface area contributed by atoms with Crippen LogP contribution in [-0.2, 0) is 14.6 Å². The predicted molar refractivity (Wildman–Crippen MR) is 69.7 cm³/mol. The second-order valence-corrected chi connectivity index (χ2v) is 7.04. The van der Waals surface area contributed by atoms with Crippen LogP contribution in [0.2, 0.25) is 0 Å². The van der Waals surface area contributed by atoms with E-state index in [1.165, 1.54) is 4.90 Å². The number of likely N-dealkylation sites (tertiary alicyclic amines) is 1. The number of carboxylic acid groups (broad SMARTS) is 1. The molecule has 1 fully saturated rings. The summed E-state index contributed by atoms with van der Waals surface area (Å²) in [5.41, 5.74) is 0. The first kappa shape index (κ1) is 15.7. The Morgan fingerprint density at radius 1 is 1.32 bits per heavy atom. The van der Waals surface area contributed by atoms with E-state index in [9.17, 15) is 18.0 Å². The van der Waals surface area contributed by atoms with Crippen molar-refractivity contribution in [2.45, 2.75) is 19.8 Å². The van der Waals surface area contributed by atoms with E-state index in [1.807, 2.05) is 0 Å². The molecule has 0 saturated carbocycles. The summed E-state index contributed by atoms with van der Waals surface area (Å²) in [7, 11) is -3.08. The van der Waals surface area contributed by atoms with Crippen LogP contribution in [0.5, 0.6) is 0 Å². The number of carbonyl (C=O) groups excluding carboxylic acids is 1. The van der Waals surface area contributed by atoms with Crippen molar-refractivity contribution < 1.29 is 23.1 Å². The summed E-state index contributed by atoms with van der Waals surface area (Å²) >= 11 is 0. The van der Waals surface area contributed by atoms with Gasteiger partial charge in [0.1, 0.15) is 0 Å². The molecule has 0 atom stereocenters. The lowest BCUT2D eigenvalue weighted by atomic mass is 9.97. The number of sulfone groups is 1. The Balaban J connectivity index is 2.30. The lowest BCUT2D eigenvalue weighted by molar-refractivity contribution is -0.143. The number of nitrogens with zero attached hydrogens (tertiary/aromatic N) is 1. The molecule has 1 heterocycles. The summed E-state index contributed by atoms with van der Waals surface area (Å²) in [5, 5.41) is 11.4. The van der Waals surface area contributed by atoms with E-state index >= 15 is 0 Å². The third-order valence-corrected chi connectivity index (χ3v) is 4.97. The van der Waals surface area contributed by atoms with Gasteiger partial charge in [-0.15, -0.1) is 0 Å². The van der Waals surface area contributed by atoms with Crippen molar-refractivity contribution in [3.8, 4) is 0 Å². The van der Waals surface area contributed by atoms with Gasteiger partial charge in [0.2, 0.25) is 0 Å². The summed E-state index contributed by atoms with van der Waals surface area (Å²) in [6, 6.07) is -0.324. The zero-order valence-corrected chi connectivity index (χ0v) is 11.8. The molecule has 0 bridgehead atoms. The first-order valence-electron chi connectivity index (χ1n) is 6.31. The van der Waals surface area contributed by atoms with Gasteiger partial charge in [-0.25, -0.2) is 13.2 Å². The normalized spacial score (nSPS) is 17.2. The van der Waals surface area contributed by atoms with Crippen LogP contribution in [-0.4, -0.2) is 61.6 Å². The highest BCUT2D eigenvalue weighted by atomic mass is 32.2. The highest BCUT2D eigenvalue weighted by Gasteiger charge is 2.26. The number of aliphatic carboxylic acids is 1. The number of amides is 2. The molecule has 0 spiro atoms. The van der Waals surface area contributed by atoms with Crippen LogP contribution in [0.15, 0.2) is 0 Å². The molecule has 0 aromatic carbocycles. The number of carbonyl (C=O) groups is 2. The molecular weight excluding hydrogens is 272 g/mol. The number of hydrogen-bond donors (Lipinski definition) is 2. The van der Waals surface area contributed by atoms with Crippen molar-refractivity contribution in [3.05, 3.63) is 0 Å². The van der Waals surface area contributed by atoms with Crippen LogP contribution in [0.4, 0.5) is 4.79 Å². The Kier molecular flexibility index (Phi) is 5.59. The number of urea groups is 1. The fourth-order valence-electron chi connectivity index (χ4n) is 1.90. The van der Waals surface area contributed by atoms with Gasteiger partial charge in [-0.1, -0.05) is 6.92 Å². The first-order chi connectivity index (χ1) is 8.85. The number of carboxylic acids is 1. The molecule has 0 aliphatic carbocycles. The molecule has 2 N–H and O–H groups in total. The van der Waals surface area contributed by atoms with Crippen LogP contribution in [0.25, 0.3) is 0 Å².